The standard InChI is InChI=1S/C45H83O13P/c1-3-5-7-9-11-13-15-17-19-21-23-25-27-29-31-33-38(46)55-35-37(36-56-59(53,54)58-45-43(51)41(49)40(48)42(50)44(45)52)57-39(47)34-32-30-28-26-24-22-20-18-16-14-12-10-8-6-4-2/h14,16,23,25,37,40-45,48-52H,3-13,15,17-22,24,26-36H2,1-2H3,(H,53,54)/b16-14+,25-23+/t37-,40?,41-,42?,43?,44?,45?/m1/s1. The van der Waals surface area contributed by atoms with Crippen molar-refractivity contribution in [2.24, 2.45) is 0 Å². The van der Waals surface area contributed by atoms with Crippen LogP contribution in [0.15, 0.2) is 24.3 Å². The molecule has 1 fully saturated rings. The lowest BCUT2D eigenvalue weighted by Crippen LogP contribution is -2.64. The number of carbonyl (C=O) groups is 2. The summed E-state index contributed by atoms with van der Waals surface area (Å²) in [6.07, 6.45) is 25.2. The Morgan fingerprint density at radius 3 is 1.34 bits per heavy atom. The number of carbonyl (C=O) groups excluding carboxylic acids is 2. The van der Waals surface area contributed by atoms with Crippen molar-refractivity contribution in [3.05, 3.63) is 24.3 Å². The normalized spacial score (nSPS) is 22.5. The van der Waals surface area contributed by atoms with Gasteiger partial charge in [-0.15, -0.1) is 0 Å². The Balaban J connectivity index is 2.47. The molecule has 0 aliphatic heterocycles. The van der Waals surface area contributed by atoms with E-state index in [-0.39, 0.29) is 12.8 Å². The summed E-state index contributed by atoms with van der Waals surface area (Å²) < 4.78 is 33.5. The third-order valence-corrected chi connectivity index (χ3v) is 11.8. The first kappa shape index (κ1) is 55.3. The fraction of sp³-hybridized carbons (Fsp3) is 0.867. The molecule has 59 heavy (non-hydrogen) atoms. The molecular weight excluding hydrogens is 779 g/mol. The number of aliphatic hydroxyl groups is 5. The van der Waals surface area contributed by atoms with Crippen LogP contribution in [0, 0.1) is 0 Å². The Labute approximate surface area is 356 Å². The van der Waals surface area contributed by atoms with Crippen LogP contribution in [-0.4, -0.2) is 98.3 Å². The molecule has 6 N–H and O–H groups in total. The molecule has 6 unspecified atom stereocenters. The predicted octanol–water partition coefficient (Wildman–Crippen LogP) is 8.84. The molecule has 0 bridgehead atoms. The van der Waals surface area contributed by atoms with Crippen LogP contribution < -0.4 is 0 Å². The number of hydrogen-bond donors (Lipinski definition) is 6. The molecule has 8 atom stereocenters. The Bertz CT molecular complexity index is 1130. The molecule has 1 aliphatic carbocycles. The second kappa shape index (κ2) is 35.9. The number of rotatable bonds is 38. The molecule has 0 heterocycles. The summed E-state index contributed by atoms with van der Waals surface area (Å²) >= 11 is 0. The van der Waals surface area contributed by atoms with Crippen molar-refractivity contribution in [1.29, 1.82) is 0 Å². The maximum absolute atomic E-state index is 12.8. The van der Waals surface area contributed by atoms with Crippen LogP contribution in [0.5, 0.6) is 0 Å². The number of ether oxygens (including phenoxy) is 2. The number of aliphatic hydroxyl groups excluding tert-OH is 5. The minimum atomic E-state index is -5.12. The van der Waals surface area contributed by atoms with Crippen LogP contribution in [0.4, 0.5) is 0 Å². The van der Waals surface area contributed by atoms with Gasteiger partial charge < -0.3 is 39.9 Å². The summed E-state index contributed by atoms with van der Waals surface area (Å²) in [5.74, 6) is -1.13. The second-order valence-electron chi connectivity index (χ2n) is 16.3. The number of phosphoric ester groups is 1. The van der Waals surface area contributed by atoms with Gasteiger partial charge in [-0.05, 0) is 64.2 Å². The lowest BCUT2D eigenvalue weighted by molar-refractivity contribution is -0.220. The molecule has 0 amide bonds. The zero-order chi connectivity index (χ0) is 43.6. The minimum absolute atomic E-state index is 0.0893. The lowest BCUT2D eigenvalue weighted by Gasteiger charge is -2.41. The topological polar surface area (TPSA) is 210 Å². The van der Waals surface area contributed by atoms with Crippen molar-refractivity contribution in [1.82, 2.24) is 0 Å². The predicted molar refractivity (Wildman–Crippen MR) is 230 cm³/mol. The van der Waals surface area contributed by atoms with E-state index in [1.165, 1.54) is 96.3 Å². The molecule has 0 saturated heterocycles. The average Bonchev–Trinajstić information content (AvgIpc) is 3.21. The highest BCUT2D eigenvalue weighted by Gasteiger charge is 2.51. The maximum Gasteiger partial charge on any atom is 0.472 e. The summed E-state index contributed by atoms with van der Waals surface area (Å²) in [6, 6.07) is 0. The molecule has 1 saturated carbocycles. The molecule has 1 rings (SSSR count). The van der Waals surface area contributed by atoms with Crippen molar-refractivity contribution in [3.8, 4) is 0 Å². The highest BCUT2D eigenvalue weighted by atomic mass is 31.2. The molecule has 13 nitrogen and oxygen atoms in total. The maximum atomic E-state index is 12.8. The molecule has 0 aromatic heterocycles. The van der Waals surface area contributed by atoms with Crippen molar-refractivity contribution >= 4 is 19.8 Å². The van der Waals surface area contributed by atoms with E-state index >= 15 is 0 Å². The summed E-state index contributed by atoms with van der Waals surface area (Å²) in [5, 5.41) is 50.1. The van der Waals surface area contributed by atoms with Gasteiger partial charge >= 0.3 is 19.8 Å². The SMILES string of the molecule is CCCCCC/C=C/CCCCCCCCCC(=O)O[C@H](COC(=O)CCCC/C=C/CCCCCCCCCCC)COP(=O)(O)OC1C(O)C(O)C(O)[C@@H](O)C1O. The van der Waals surface area contributed by atoms with Gasteiger partial charge in [0.2, 0.25) is 0 Å². The average molecular weight is 863 g/mol. The summed E-state index contributed by atoms with van der Waals surface area (Å²) in [4.78, 5) is 35.7. The number of phosphoric acid groups is 1. The Morgan fingerprint density at radius 1 is 0.508 bits per heavy atom. The van der Waals surface area contributed by atoms with E-state index in [1.54, 1.807) is 0 Å². The van der Waals surface area contributed by atoms with Crippen molar-refractivity contribution in [3.63, 3.8) is 0 Å². The number of hydrogen-bond acceptors (Lipinski definition) is 12. The first-order valence-corrected chi connectivity index (χ1v) is 24.6. The zero-order valence-electron chi connectivity index (χ0n) is 36.6. The molecular formula is C45H83O13P. The number of allylic oxidation sites excluding steroid dienone is 4. The van der Waals surface area contributed by atoms with Crippen LogP contribution in [0.1, 0.15) is 194 Å². The third kappa shape index (κ3) is 28.5. The molecule has 346 valence electrons. The number of unbranched alkanes of at least 4 members (excludes halogenated alkanes) is 22. The largest absolute Gasteiger partial charge is 0.472 e. The van der Waals surface area contributed by atoms with E-state index < -0.39 is 75.7 Å². The van der Waals surface area contributed by atoms with E-state index in [1.807, 2.05) is 0 Å². The fourth-order valence-electron chi connectivity index (χ4n) is 6.98. The van der Waals surface area contributed by atoms with E-state index in [0.29, 0.717) is 12.8 Å². The highest BCUT2D eigenvalue weighted by molar-refractivity contribution is 7.47. The van der Waals surface area contributed by atoms with Gasteiger partial charge in [0.25, 0.3) is 0 Å². The van der Waals surface area contributed by atoms with Gasteiger partial charge in [-0.3, -0.25) is 18.6 Å². The molecule has 0 aromatic carbocycles. The smallest absolute Gasteiger partial charge is 0.462 e. The van der Waals surface area contributed by atoms with Gasteiger partial charge in [0.15, 0.2) is 6.10 Å². The molecule has 0 spiro atoms. The van der Waals surface area contributed by atoms with Gasteiger partial charge in [-0.1, -0.05) is 141 Å². The first-order chi connectivity index (χ1) is 28.4. The lowest BCUT2D eigenvalue weighted by atomic mass is 9.85. The monoisotopic (exact) mass is 863 g/mol. The van der Waals surface area contributed by atoms with Gasteiger partial charge in [0.05, 0.1) is 6.61 Å². The van der Waals surface area contributed by atoms with Gasteiger partial charge in [0.1, 0.15) is 43.2 Å². The summed E-state index contributed by atoms with van der Waals surface area (Å²) in [7, 11) is -5.12. The summed E-state index contributed by atoms with van der Waals surface area (Å²) in [6.45, 7) is 3.27. The molecule has 1 aliphatic rings. The molecule has 0 radical (unpaired) electrons. The van der Waals surface area contributed by atoms with Gasteiger partial charge in [-0.25, -0.2) is 4.57 Å². The molecule has 0 aromatic rings. The van der Waals surface area contributed by atoms with Crippen LogP contribution >= 0.6 is 7.82 Å². The van der Waals surface area contributed by atoms with Crippen LogP contribution in [0.25, 0.3) is 0 Å². The fourth-order valence-corrected chi connectivity index (χ4v) is 7.95. The highest BCUT2D eigenvalue weighted by Crippen LogP contribution is 2.47. The summed E-state index contributed by atoms with van der Waals surface area (Å²) in [5.41, 5.74) is 0. The van der Waals surface area contributed by atoms with Crippen LogP contribution in [0.3, 0.4) is 0 Å². The number of esters is 2. The molecule has 14 heteroatoms. The minimum Gasteiger partial charge on any atom is -0.462 e. The first-order valence-electron chi connectivity index (χ1n) is 23.1. The van der Waals surface area contributed by atoms with Crippen LogP contribution in [-0.2, 0) is 32.7 Å². The van der Waals surface area contributed by atoms with Gasteiger partial charge in [-0.2, -0.15) is 0 Å². The van der Waals surface area contributed by atoms with Crippen LogP contribution in [0.2, 0.25) is 0 Å². The Hall–Kier alpha value is -1.67. The van der Waals surface area contributed by atoms with Crippen molar-refractivity contribution < 1.29 is 63.1 Å². The van der Waals surface area contributed by atoms with E-state index in [9.17, 15) is 44.6 Å². The Morgan fingerprint density at radius 2 is 0.864 bits per heavy atom. The second-order valence-corrected chi connectivity index (χ2v) is 17.7. The van der Waals surface area contributed by atoms with Crippen molar-refractivity contribution in [2.45, 2.75) is 236 Å². The van der Waals surface area contributed by atoms with Crippen molar-refractivity contribution in [2.75, 3.05) is 13.2 Å². The van der Waals surface area contributed by atoms with E-state index in [0.717, 1.165) is 57.8 Å². The van der Waals surface area contributed by atoms with E-state index in [2.05, 4.69) is 38.2 Å². The van der Waals surface area contributed by atoms with E-state index in [4.69, 9.17) is 18.5 Å². The Kier molecular flexibility index (Phi) is 33.7. The quantitative estimate of drug-likeness (QED) is 0.0149. The third-order valence-electron chi connectivity index (χ3n) is 10.8. The van der Waals surface area contributed by atoms with Gasteiger partial charge in [0, 0.05) is 12.8 Å². The zero-order valence-corrected chi connectivity index (χ0v) is 37.4.